The van der Waals surface area contributed by atoms with Crippen LogP contribution in [0.25, 0.3) is 0 Å². The lowest BCUT2D eigenvalue weighted by molar-refractivity contribution is 0.0734. The van der Waals surface area contributed by atoms with E-state index in [-0.39, 0.29) is 28.5 Å². The topological polar surface area (TPSA) is 94.6 Å². The van der Waals surface area contributed by atoms with E-state index in [9.17, 15) is 18.8 Å². The van der Waals surface area contributed by atoms with Crippen molar-refractivity contribution in [3.8, 4) is 23.3 Å². The molecule has 3 aromatic carbocycles. The van der Waals surface area contributed by atoms with Crippen LogP contribution in [0.15, 0.2) is 72.1 Å². The number of carbonyl (C=O) groups excluding carboxylic acids is 1. The standard InChI is InChI=1S/C25H18F2N2O4/c1-2-31-16-6-3-14(4-7-16)25(30)32-17-8-10-19-22(12-17)33-24(29)20(13-28)23(19)18-9-5-15(26)11-21(18)27/h3-12,23H,2,29H2,1H3. The summed E-state index contributed by atoms with van der Waals surface area (Å²) in [5.41, 5.74) is 6.71. The smallest absolute Gasteiger partial charge is 0.343 e. The average molecular weight is 448 g/mol. The normalized spacial score (nSPS) is 14.7. The number of rotatable bonds is 5. The molecule has 0 saturated heterocycles. The summed E-state index contributed by atoms with van der Waals surface area (Å²) in [6.07, 6.45) is 0. The Kier molecular flexibility index (Phi) is 5.96. The predicted octanol–water partition coefficient (Wildman–Crippen LogP) is 4.80. The maximum atomic E-state index is 14.5. The van der Waals surface area contributed by atoms with Crippen LogP contribution in [-0.2, 0) is 0 Å². The van der Waals surface area contributed by atoms with E-state index >= 15 is 0 Å². The third-order valence-electron chi connectivity index (χ3n) is 5.08. The highest BCUT2D eigenvalue weighted by Gasteiger charge is 2.33. The molecule has 1 aliphatic heterocycles. The van der Waals surface area contributed by atoms with E-state index in [0.29, 0.717) is 23.5 Å². The van der Waals surface area contributed by atoms with Crippen molar-refractivity contribution in [3.05, 3.63) is 100 Å². The molecule has 166 valence electrons. The van der Waals surface area contributed by atoms with Crippen molar-refractivity contribution in [2.24, 2.45) is 5.73 Å². The number of benzene rings is 3. The minimum Gasteiger partial charge on any atom is -0.494 e. The van der Waals surface area contributed by atoms with Crippen molar-refractivity contribution in [2.75, 3.05) is 6.61 Å². The number of ether oxygens (including phenoxy) is 3. The quantitative estimate of drug-likeness (QED) is 0.445. The number of nitrogens with zero attached hydrogens (tertiary/aromatic N) is 1. The molecule has 0 aliphatic carbocycles. The first-order valence-corrected chi connectivity index (χ1v) is 10.0. The summed E-state index contributed by atoms with van der Waals surface area (Å²) in [7, 11) is 0. The number of carbonyl (C=O) groups is 1. The second-order valence-corrected chi connectivity index (χ2v) is 7.14. The van der Waals surface area contributed by atoms with Crippen molar-refractivity contribution >= 4 is 5.97 Å². The lowest BCUT2D eigenvalue weighted by Crippen LogP contribution is -2.22. The molecule has 0 saturated carbocycles. The summed E-state index contributed by atoms with van der Waals surface area (Å²) in [6, 6.07) is 16.0. The van der Waals surface area contributed by atoms with E-state index in [1.165, 1.54) is 18.2 Å². The Balaban J connectivity index is 1.65. The Morgan fingerprint density at radius 1 is 1.06 bits per heavy atom. The minimum atomic E-state index is -0.907. The Morgan fingerprint density at radius 2 is 1.76 bits per heavy atom. The zero-order valence-corrected chi connectivity index (χ0v) is 17.5. The van der Waals surface area contributed by atoms with Crippen LogP contribution in [0.3, 0.4) is 0 Å². The van der Waals surface area contributed by atoms with E-state index in [4.69, 9.17) is 19.9 Å². The first-order chi connectivity index (χ1) is 15.9. The predicted molar refractivity (Wildman–Crippen MR) is 115 cm³/mol. The number of halogens is 2. The van der Waals surface area contributed by atoms with Gasteiger partial charge in [0.25, 0.3) is 0 Å². The van der Waals surface area contributed by atoms with Crippen molar-refractivity contribution in [1.29, 1.82) is 5.26 Å². The maximum Gasteiger partial charge on any atom is 0.343 e. The molecule has 6 nitrogen and oxygen atoms in total. The molecule has 3 aromatic rings. The van der Waals surface area contributed by atoms with Gasteiger partial charge in [-0.25, -0.2) is 13.6 Å². The number of allylic oxidation sites excluding steroid dienone is 1. The summed E-state index contributed by atoms with van der Waals surface area (Å²) in [6.45, 7) is 2.36. The molecule has 1 aliphatic rings. The van der Waals surface area contributed by atoms with Gasteiger partial charge in [0.1, 0.15) is 40.5 Å². The molecule has 0 amide bonds. The number of hydrogen-bond acceptors (Lipinski definition) is 6. The molecular weight excluding hydrogens is 430 g/mol. The van der Waals surface area contributed by atoms with E-state index in [0.717, 1.165) is 12.1 Å². The minimum absolute atomic E-state index is 0.00728. The van der Waals surface area contributed by atoms with Gasteiger partial charge in [0.2, 0.25) is 5.88 Å². The molecule has 1 heterocycles. The molecule has 2 N–H and O–H groups in total. The lowest BCUT2D eigenvalue weighted by atomic mass is 9.83. The van der Waals surface area contributed by atoms with Gasteiger partial charge in [0.05, 0.1) is 18.1 Å². The first kappa shape index (κ1) is 21.8. The van der Waals surface area contributed by atoms with Crippen LogP contribution >= 0.6 is 0 Å². The molecule has 33 heavy (non-hydrogen) atoms. The highest BCUT2D eigenvalue weighted by atomic mass is 19.1. The van der Waals surface area contributed by atoms with E-state index in [1.807, 2.05) is 13.0 Å². The number of hydrogen-bond donors (Lipinski definition) is 1. The third kappa shape index (κ3) is 4.34. The molecule has 0 spiro atoms. The van der Waals surface area contributed by atoms with Crippen LogP contribution in [0.1, 0.15) is 34.3 Å². The molecular formula is C25H18F2N2O4. The molecule has 8 heteroatoms. The molecule has 0 aromatic heterocycles. The summed E-state index contributed by atoms with van der Waals surface area (Å²) in [4.78, 5) is 12.5. The van der Waals surface area contributed by atoms with Crippen molar-refractivity contribution in [2.45, 2.75) is 12.8 Å². The zero-order chi connectivity index (χ0) is 23.5. The van der Waals surface area contributed by atoms with Gasteiger partial charge < -0.3 is 19.9 Å². The Bertz CT molecular complexity index is 1300. The Morgan fingerprint density at radius 3 is 2.42 bits per heavy atom. The van der Waals surface area contributed by atoms with Gasteiger partial charge in [-0.3, -0.25) is 0 Å². The van der Waals surface area contributed by atoms with Gasteiger partial charge >= 0.3 is 5.97 Å². The maximum absolute atomic E-state index is 14.5. The summed E-state index contributed by atoms with van der Waals surface area (Å²) in [5.74, 6) is -2.29. The third-order valence-corrected chi connectivity index (χ3v) is 5.08. The Labute approximate surface area is 188 Å². The molecule has 0 fully saturated rings. The molecule has 1 atom stereocenters. The highest BCUT2D eigenvalue weighted by molar-refractivity contribution is 5.91. The first-order valence-electron chi connectivity index (χ1n) is 10.0. The zero-order valence-electron chi connectivity index (χ0n) is 17.5. The van der Waals surface area contributed by atoms with Crippen LogP contribution in [0.5, 0.6) is 17.2 Å². The van der Waals surface area contributed by atoms with Crippen LogP contribution in [0.2, 0.25) is 0 Å². The molecule has 1 unspecified atom stereocenters. The molecule has 0 bridgehead atoms. The van der Waals surface area contributed by atoms with Gasteiger partial charge in [-0.1, -0.05) is 12.1 Å². The SMILES string of the molecule is CCOc1ccc(C(=O)Oc2ccc3c(c2)OC(N)=C(C#N)C3c2ccc(F)cc2F)cc1. The van der Waals surface area contributed by atoms with E-state index in [1.54, 1.807) is 30.3 Å². The lowest BCUT2D eigenvalue weighted by Gasteiger charge is -2.27. The van der Waals surface area contributed by atoms with Gasteiger partial charge in [-0.05, 0) is 43.3 Å². The number of nitriles is 1. The van der Waals surface area contributed by atoms with Crippen molar-refractivity contribution < 1.29 is 27.8 Å². The fourth-order valence-electron chi connectivity index (χ4n) is 3.57. The highest BCUT2D eigenvalue weighted by Crippen LogP contribution is 2.44. The van der Waals surface area contributed by atoms with Crippen LogP contribution in [-0.4, -0.2) is 12.6 Å². The second kappa shape index (κ2) is 9.01. The average Bonchev–Trinajstić information content (AvgIpc) is 2.79. The fourth-order valence-corrected chi connectivity index (χ4v) is 3.57. The van der Waals surface area contributed by atoms with Crippen LogP contribution < -0.4 is 19.9 Å². The monoisotopic (exact) mass is 448 g/mol. The van der Waals surface area contributed by atoms with Crippen molar-refractivity contribution in [3.63, 3.8) is 0 Å². The van der Waals surface area contributed by atoms with Crippen LogP contribution in [0.4, 0.5) is 8.78 Å². The second-order valence-electron chi connectivity index (χ2n) is 7.14. The summed E-state index contributed by atoms with van der Waals surface area (Å²) >= 11 is 0. The van der Waals surface area contributed by atoms with Crippen LogP contribution in [0, 0.1) is 23.0 Å². The molecule has 0 radical (unpaired) electrons. The largest absolute Gasteiger partial charge is 0.494 e. The Hall–Kier alpha value is -4.38. The van der Waals surface area contributed by atoms with Crippen molar-refractivity contribution in [1.82, 2.24) is 0 Å². The van der Waals surface area contributed by atoms with Gasteiger partial charge in [0.15, 0.2) is 0 Å². The molecule has 4 rings (SSSR count). The van der Waals surface area contributed by atoms with E-state index in [2.05, 4.69) is 0 Å². The number of fused-ring (bicyclic) bond motifs is 1. The number of esters is 1. The summed E-state index contributed by atoms with van der Waals surface area (Å²) < 4.78 is 44.3. The fraction of sp³-hybridized carbons (Fsp3) is 0.120. The summed E-state index contributed by atoms with van der Waals surface area (Å²) in [5, 5.41) is 9.57. The van der Waals surface area contributed by atoms with Gasteiger partial charge in [-0.2, -0.15) is 5.26 Å². The number of nitrogens with two attached hydrogens (primary N) is 1. The van der Waals surface area contributed by atoms with Gasteiger partial charge in [0, 0.05) is 23.3 Å². The van der Waals surface area contributed by atoms with E-state index < -0.39 is 23.5 Å². The van der Waals surface area contributed by atoms with Gasteiger partial charge in [-0.15, -0.1) is 0 Å².